The number of hydrogen-bond acceptors (Lipinski definition) is 3. The maximum Gasteiger partial charge on any atom is 0.417 e. The van der Waals surface area contributed by atoms with Gasteiger partial charge in [0.05, 0.1) is 17.0 Å². The van der Waals surface area contributed by atoms with Crippen molar-refractivity contribution in [2.45, 2.75) is 32.5 Å². The molecule has 9 heteroatoms. The quantitative estimate of drug-likeness (QED) is 0.733. The first-order valence-electron chi connectivity index (χ1n) is 8.63. The molecular formula is C18H22F3N3O3. The highest BCUT2D eigenvalue weighted by Crippen LogP contribution is 2.31. The van der Waals surface area contributed by atoms with Crippen molar-refractivity contribution in [3.05, 3.63) is 35.4 Å². The molecule has 0 aromatic heterocycles. The van der Waals surface area contributed by atoms with Crippen molar-refractivity contribution in [2.75, 3.05) is 19.6 Å². The van der Waals surface area contributed by atoms with Crippen molar-refractivity contribution >= 4 is 17.7 Å². The number of amides is 3. The molecule has 1 fully saturated rings. The Hall–Kier alpha value is -2.58. The Kier molecular flexibility index (Phi) is 6.45. The number of carbonyl (C=O) groups is 3. The number of rotatable bonds is 6. The van der Waals surface area contributed by atoms with Crippen LogP contribution in [0, 0.1) is 5.92 Å². The molecule has 1 aromatic rings. The van der Waals surface area contributed by atoms with Gasteiger partial charge in [-0.05, 0) is 26.0 Å². The molecular weight excluding hydrogens is 363 g/mol. The topological polar surface area (TPSA) is 78.5 Å². The molecule has 1 aliphatic heterocycles. The van der Waals surface area contributed by atoms with E-state index in [1.165, 1.54) is 12.1 Å². The molecule has 2 rings (SSSR count). The number of carbonyl (C=O) groups excluding carboxylic acids is 3. The van der Waals surface area contributed by atoms with Crippen molar-refractivity contribution in [1.82, 2.24) is 15.5 Å². The predicted molar refractivity (Wildman–Crippen MR) is 91.7 cm³/mol. The van der Waals surface area contributed by atoms with Crippen LogP contribution in [0.15, 0.2) is 24.3 Å². The lowest BCUT2D eigenvalue weighted by atomic mass is 10.1. The Labute approximate surface area is 155 Å². The van der Waals surface area contributed by atoms with Gasteiger partial charge in [-0.2, -0.15) is 13.2 Å². The van der Waals surface area contributed by atoms with E-state index in [4.69, 9.17) is 0 Å². The SMILES string of the molecule is CC(C)N1CC(C(=O)NCCNC(=O)c2ccccc2C(F)(F)F)CC1=O. The highest BCUT2D eigenvalue weighted by Gasteiger charge is 2.36. The molecule has 0 saturated carbocycles. The van der Waals surface area contributed by atoms with Crippen LogP contribution in [0.5, 0.6) is 0 Å². The van der Waals surface area contributed by atoms with Gasteiger partial charge in [0.2, 0.25) is 11.8 Å². The van der Waals surface area contributed by atoms with E-state index >= 15 is 0 Å². The van der Waals surface area contributed by atoms with Crippen LogP contribution >= 0.6 is 0 Å². The van der Waals surface area contributed by atoms with Gasteiger partial charge in [-0.15, -0.1) is 0 Å². The van der Waals surface area contributed by atoms with E-state index in [1.807, 2.05) is 13.8 Å². The Morgan fingerprint density at radius 2 is 1.81 bits per heavy atom. The molecule has 148 valence electrons. The van der Waals surface area contributed by atoms with Crippen molar-refractivity contribution in [3.63, 3.8) is 0 Å². The summed E-state index contributed by atoms with van der Waals surface area (Å²) in [4.78, 5) is 37.5. The first-order valence-corrected chi connectivity index (χ1v) is 8.63. The Bertz CT molecular complexity index is 719. The average Bonchev–Trinajstić information content (AvgIpc) is 2.99. The summed E-state index contributed by atoms with van der Waals surface area (Å²) in [7, 11) is 0. The van der Waals surface area contributed by atoms with Crippen LogP contribution in [0.2, 0.25) is 0 Å². The maximum atomic E-state index is 12.9. The van der Waals surface area contributed by atoms with Crippen LogP contribution in [0.3, 0.4) is 0 Å². The maximum absolute atomic E-state index is 12.9. The van der Waals surface area contributed by atoms with Crippen LogP contribution in [0.1, 0.15) is 36.2 Å². The van der Waals surface area contributed by atoms with Gasteiger partial charge in [0.25, 0.3) is 5.91 Å². The Morgan fingerprint density at radius 3 is 2.41 bits per heavy atom. The van der Waals surface area contributed by atoms with E-state index in [1.54, 1.807) is 4.90 Å². The van der Waals surface area contributed by atoms with Gasteiger partial charge in [-0.25, -0.2) is 0 Å². The minimum absolute atomic E-state index is 0.0169. The van der Waals surface area contributed by atoms with Crippen molar-refractivity contribution in [1.29, 1.82) is 0 Å². The molecule has 1 aromatic carbocycles. The van der Waals surface area contributed by atoms with Crippen molar-refractivity contribution < 1.29 is 27.6 Å². The summed E-state index contributed by atoms with van der Waals surface area (Å²) in [6.07, 6.45) is -4.49. The largest absolute Gasteiger partial charge is 0.417 e. The van der Waals surface area contributed by atoms with E-state index < -0.39 is 29.1 Å². The van der Waals surface area contributed by atoms with E-state index in [-0.39, 0.29) is 37.4 Å². The highest BCUT2D eigenvalue weighted by molar-refractivity contribution is 5.96. The van der Waals surface area contributed by atoms with Gasteiger partial charge in [0, 0.05) is 32.1 Å². The van der Waals surface area contributed by atoms with E-state index in [9.17, 15) is 27.6 Å². The normalized spacial score (nSPS) is 17.3. The summed E-state index contributed by atoms with van der Waals surface area (Å²) in [5.41, 5.74) is -1.48. The molecule has 2 N–H and O–H groups in total. The lowest BCUT2D eigenvalue weighted by molar-refractivity contribution is -0.138. The molecule has 1 atom stereocenters. The molecule has 6 nitrogen and oxygen atoms in total. The van der Waals surface area contributed by atoms with Crippen LogP contribution in [0.4, 0.5) is 13.2 Å². The van der Waals surface area contributed by atoms with Gasteiger partial charge in [0.1, 0.15) is 0 Å². The van der Waals surface area contributed by atoms with Crippen LogP contribution < -0.4 is 10.6 Å². The number of benzene rings is 1. The third kappa shape index (κ3) is 5.21. The Morgan fingerprint density at radius 1 is 1.19 bits per heavy atom. The van der Waals surface area contributed by atoms with Gasteiger partial charge in [0.15, 0.2) is 0 Å². The lowest BCUT2D eigenvalue weighted by Gasteiger charge is -2.20. The minimum Gasteiger partial charge on any atom is -0.354 e. The number of hydrogen-bond donors (Lipinski definition) is 2. The monoisotopic (exact) mass is 385 g/mol. The molecule has 0 spiro atoms. The van der Waals surface area contributed by atoms with E-state index in [0.29, 0.717) is 6.54 Å². The number of nitrogens with one attached hydrogen (secondary N) is 2. The third-order valence-electron chi connectivity index (χ3n) is 4.34. The first kappa shape index (κ1) is 20.7. The fourth-order valence-corrected chi connectivity index (χ4v) is 2.94. The standard InChI is InChI=1S/C18H22F3N3O3/c1-11(2)24-10-12(9-15(24)25)16(26)22-7-8-23-17(27)13-5-3-4-6-14(13)18(19,20)21/h3-6,11-12H,7-10H2,1-2H3,(H,22,26)(H,23,27). The molecule has 1 unspecified atom stereocenters. The molecule has 0 bridgehead atoms. The van der Waals surface area contributed by atoms with Gasteiger partial charge in [-0.1, -0.05) is 12.1 Å². The lowest BCUT2D eigenvalue weighted by Crippen LogP contribution is -2.39. The molecule has 1 heterocycles. The van der Waals surface area contributed by atoms with Crippen LogP contribution in [-0.4, -0.2) is 48.3 Å². The number of nitrogens with zero attached hydrogens (tertiary/aromatic N) is 1. The van der Waals surface area contributed by atoms with E-state index in [0.717, 1.165) is 12.1 Å². The fourth-order valence-electron chi connectivity index (χ4n) is 2.94. The fraction of sp³-hybridized carbons (Fsp3) is 0.500. The summed E-state index contributed by atoms with van der Waals surface area (Å²) in [5, 5.41) is 4.96. The van der Waals surface area contributed by atoms with Crippen LogP contribution in [-0.2, 0) is 15.8 Å². The molecule has 0 aliphatic carbocycles. The molecule has 1 aliphatic rings. The van der Waals surface area contributed by atoms with Gasteiger partial charge >= 0.3 is 6.18 Å². The van der Waals surface area contributed by atoms with E-state index in [2.05, 4.69) is 10.6 Å². The second kappa shape index (κ2) is 8.41. The zero-order chi connectivity index (χ0) is 20.2. The second-order valence-electron chi connectivity index (χ2n) is 6.63. The first-order chi connectivity index (χ1) is 12.6. The molecule has 27 heavy (non-hydrogen) atoms. The summed E-state index contributed by atoms with van der Waals surface area (Å²) >= 11 is 0. The summed E-state index contributed by atoms with van der Waals surface area (Å²) in [6, 6.07) is 4.52. The third-order valence-corrected chi connectivity index (χ3v) is 4.34. The molecule has 1 saturated heterocycles. The highest BCUT2D eigenvalue weighted by atomic mass is 19.4. The minimum atomic E-state index is -4.63. The zero-order valence-electron chi connectivity index (χ0n) is 15.1. The number of likely N-dealkylation sites (tertiary alicyclic amines) is 1. The Balaban J connectivity index is 1.82. The smallest absolute Gasteiger partial charge is 0.354 e. The second-order valence-corrected chi connectivity index (χ2v) is 6.63. The number of halogens is 3. The van der Waals surface area contributed by atoms with Crippen molar-refractivity contribution in [3.8, 4) is 0 Å². The zero-order valence-corrected chi connectivity index (χ0v) is 15.1. The average molecular weight is 385 g/mol. The molecule has 0 radical (unpaired) electrons. The molecule has 3 amide bonds. The van der Waals surface area contributed by atoms with Gasteiger partial charge in [-0.3, -0.25) is 14.4 Å². The van der Waals surface area contributed by atoms with Crippen molar-refractivity contribution in [2.24, 2.45) is 5.92 Å². The van der Waals surface area contributed by atoms with Gasteiger partial charge < -0.3 is 15.5 Å². The summed E-state index contributed by atoms with van der Waals surface area (Å²) < 4.78 is 38.8. The predicted octanol–water partition coefficient (Wildman–Crippen LogP) is 1.81. The van der Waals surface area contributed by atoms with Crippen LogP contribution in [0.25, 0.3) is 0 Å². The summed E-state index contributed by atoms with van der Waals surface area (Å²) in [6.45, 7) is 4.11. The summed E-state index contributed by atoms with van der Waals surface area (Å²) in [5.74, 6) is -1.71. The number of alkyl halides is 3.